The third-order valence-corrected chi connectivity index (χ3v) is 6.84. The molecule has 284 valence electrons. The molecule has 0 aromatic rings. The van der Waals surface area contributed by atoms with Gasteiger partial charge in [0.15, 0.2) is 0 Å². The fourth-order valence-electron chi connectivity index (χ4n) is 3.52. The molecule has 0 aromatic heterocycles. The van der Waals surface area contributed by atoms with Crippen molar-refractivity contribution in [2.45, 2.75) is 112 Å². The van der Waals surface area contributed by atoms with Gasteiger partial charge >= 0.3 is 23.9 Å². The largest absolute Gasteiger partial charge is 0.463 e. The summed E-state index contributed by atoms with van der Waals surface area (Å²) >= 11 is 0. The van der Waals surface area contributed by atoms with Crippen LogP contribution in [0.3, 0.4) is 0 Å². The lowest BCUT2D eigenvalue weighted by Gasteiger charge is -2.13. The van der Waals surface area contributed by atoms with Crippen molar-refractivity contribution >= 4 is 23.9 Å². The van der Waals surface area contributed by atoms with E-state index in [9.17, 15) is 19.2 Å². The second kappa shape index (κ2) is 37.6. The first-order chi connectivity index (χ1) is 23.4. The van der Waals surface area contributed by atoms with E-state index in [0.29, 0.717) is 57.6 Å². The van der Waals surface area contributed by atoms with Crippen molar-refractivity contribution in [2.75, 3.05) is 46.2 Å². The number of rotatable bonds is 25. The number of hydrogen-bond acceptors (Lipinski definition) is 10. The van der Waals surface area contributed by atoms with Gasteiger partial charge in [-0.3, -0.25) is 0 Å². The molecule has 3 atom stereocenters. The molecule has 1 fully saturated rings. The molecule has 0 radical (unpaired) electrons. The van der Waals surface area contributed by atoms with Gasteiger partial charge in [0.2, 0.25) is 0 Å². The lowest BCUT2D eigenvalue weighted by Crippen LogP contribution is -2.12. The quantitative estimate of drug-likeness (QED) is 0.0303. The zero-order valence-corrected chi connectivity index (χ0v) is 31.6. The van der Waals surface area contributed by atoms with Crippen LogP contribution in [-0.2, 0) is 47.6 Å². The molecule has 10 heteroatoms. The lowest BCUT2D eigenvalue weighted by molar-refractivity contribution is -0.139. The Morgan fingerprint density at radius 2 is 1.16 bits per heavy atom. The van der Waals surface area contributed by atoms with Crippen LogP contribution in [0.15, 0.2) is 50.6 Å². The average Bonchev–Trinajstić information content (AvgIpc) is 3.94. The van der Waals surface area contributed by atoms with E-state index in [4.69, 9.17) is 23.7 Å². The van der Waals surface area contributed by atoms with Gasteiger partial charge in [-0.1, -0.05) is 100.0 Å². The summed E-state index contributed by atoms with van der Waals surface area (Å²) in [5, 5.41) is 0. The molecular weight excluding hydrogens is 628 g/mol. The highest BCUT2D eigenvalue weighted by Gasteiger charge is 2.21. The second-order valence-corrected chi connectivity index (χ2v) is 12.0. The summed E-state index contributed by atoms with van der Waals surface area (Å²) in [4.78, 5) is 42.3. The highest BCUT2D eigenvalue weighted by molar-refractivity contribution is 5.82. The number of carbonyl (C=O) groups excluding carboxylic acids is 4. The molecule has 0 N–H and O–H groups in total. The van der Waals surface area contributed by atoms with Crippen molar-refractivity contribution < 1.29 is 47.6 Å². The number of carbonyl (C=O) groups is 4. The molecule has 1 aliphatic rings. The number of epoxide rings is 1. The van der Waals surface area contributed by atoms with Crippen molar-refractivity contribution in [2.24, 2.45) is 17.8 Å². The first-order valence-electron chi connectivity index (χ1n) is 17.8. The Morgan fingerprint density at radius 3 is 1.63 bits per heavy atom. The van der Waals surface area contributed by atoms with Crippen molar-refractivity contribution in [3.05, 3.63) is 50.6 Å². The van der Waals surface area contributed by atoms with E-state index in [1.807, 2.05) is 6.92 Å². The maximum Gasteiger partial charge on any atom is 0.330 e. The maximum absolute atomic E-state index is 10.8. The van der Waals surface area contributed by atoms with Crippen LogP contribution in [0.4, 0.5) is 0 Å². The van der Waals surface area contributed by atoms with E-state index in [-0.39, 0.29) is 23.9 Å². The van der Waals surface area contributed by atoms with E-state index in [2.05, 4.69) is 65.7 Å². The molecule has 1 aliphatic heterocycles. The van der Waals surface area contributed by atoms with Crippen molar-refractivity contribution in [3.63, 3.8) is 0 Å². The Balaban J connectivity index is -0.000000587. The monoisotopic (exact) mass is 696 g/mol. The number of esters is 4. The standard InChI is InChI=1S/C12H22O2.C11H20O2.C10H16O4.C6H10O2/c1-5-12(13)14-9-8-11(4)7-6-10(2)3;1-4-7-8-10(5-2)9-13-11(12)6-3;1-2-10(11)13-6-4-3-5-12-7-9-8-14-9;1-3-5-8-6(7)4-2/h5,10-11H,1,6-9H2,2-4H3;6,10H,3-5,7-9H2,1-2H3;2,9H,1,3-8H2;4H,2-3,5H2,1H3. The molecule has 0 bridgehead atoms. The Labute approximate surface area is 297 Å². The van der Waals surface area contributed by atoms with E-state index < -0.39 is 0 Å². The SMILES string of the molecule is C=CC(=O)OCC(CC)CCCC.C=CC(=O)OCCC.C=CC(=O)OCCC(C)CCC(C)C.C=CC(=O)OCCCCOCC1CO1. The van der Waals surface area contributed by atoms with Crippen LogP contribution in [-0.4, -0.2) is 76.2 Å². The van der Waals surface area contributed by atoms with Crippen molar-refractivity contribution in [1.29, 1.82) is 0 Å². The summed E-state index contributed by atoms with van der Waals surface area (Å²) in [6, 6.07) is 0. The Bertz CT molecular complexity index is 879. The highest BCUT2D eigenvalue weighted by Crippen LogP contribution is 2.15. The Kier molecular flexibility index (Phi) is 38.5. The summed E-state index contributed by atoms with van der Waals surface area (Å²) in [7, 11) is 0. The van der Waals surface area contributed by atoms with Crippen molar-refractivity contribution in [3.8, 4) is 0 Å². The van der Waals surface area contributed by atoms with E-state index in [1.165, 1.54) is 43.9 Å². The molecule has 49 heavy (non-hydrogen) atoms. The van der Waals surface area contributed by atoms with Crippen LogP contribution in [0.5, 0.6) is 0 Å². The van der Waals surface area contributed by atoms with E-state index >= 15 is 0 Å². The van der Waals surface area contributed by atoms with Gasteiger partial charge in [0, 0.05) is 30.9 Å². The first-order valence-corrected chi connectivity index (χ1v) is 17.8. The van der Waals surface area contributed by atoms with Crippen LogP contribution >= 0.6 is 0 Å². The minimum atomic E-state index is -0.364. The summed E-state index contributed by atoms with van der Waals surface area (Å²) in [6.07, 6.45) is 15.7. The zero-order chi connectivity index (χ0) is 37.7. The number of hydrogen-bond donors (Lipinski definition) is 0. The van der Waals surface area contributed by atoms with Crippen LogP contribution in [0.25, 0.3) is 0 Å². The first kappa shape index (κ1) is 50.1. The normalized spacial score (nSPS) is 13.6. The fourth-order valence-corrected chi connectivity index (χ4v) is 3.52. The van der Waals surface area contributed by atoms with E-state index in [1.54, 1.807) is 0 Å². The number of unbranched alkanes of at least 4 members (excludes halogenated alkanes) is 2. The minimum Gasteiger partial charge on any atom is -0.463 e. The van der Waals surface area contributed by atoms with Crippen LogP contribution in [0.2, 0.25) is 0 Å². The van der Waals surface area contributed by atoms with Gasteiger partial charge in [-0.2, -0.15) is 0 Å². The molecule has 10 nitrogen and oxygen atoms in total. The third-order valence-electron chi connectivity index (χ3n) is 6.84. The van der Waals surface area contributed by atoms with Gasteiger partial charge in [0.1, 0.15) is 6.10 Å². The average molecular weight is 697 g/mol. The van der Waals surface area contributed by atoms with Gasteiger partial charge in [-0.15, -0.1) is 0 Å². The molecule has 1 rings (SSSR count). The summed E-state index contributed by atoms with van der Waals surface area (Å²) in [5.74, 6) is 0.576. The van der Waals surface area contributed by atoms with Crippen molar-refractivity contribution in [1.82, 2.24) is 0 Å². The molecule has 1 heterocycles. The van der Waals surface area contributed by atoms with Crippen LogP contribution < -0.4 is 0 Å². The van der Waals surface area contributed by atoms with Gasteiger partial charge in [-0.25, -0.2) is 19.2 Å². The Hall–Kier alpha value is -3.24. The third kappa shape index (κ3) is 42.7. The summed E-state index contributed by atoms with van der Waals surface area (Å²) < 4.78 is 29.6. The maximum atomic E-state index is 10.8. The van der Waals surface area contributed by atoms with Crippen LogP contribution in [0, 0.1) is 17.8 Å². The smallest absolute Gasteiger partial charge is 0.330 e. The van der Waals surface area contributed by atoms with Gasteiger partial charge in [-0.05, 0) is 49.9 Å². The molecule has 3 unspecified atom stereocenters. The molecule has 0 aliphatic carbocycles. The topological polar surface area (TPSA) is 127 Å². The van der Waals surface area contributed by atoms with Gasteiger partial charge in [0.25, 0.3) is 0 Å². The molecule has 0 aromatic carbocycles. The molecular formula is C39H68O10. The number of ether oxygens (including phenoxy) is 6. The summed E-state index contributed by atoms with van der Waals surface area (Å²) in [5.41, 5.74) is 0. The molecule has 0 spiro atoms. The van der Waals surface area contributed by atoms with E-state index in [0.717, 1.165) is 57.1 Å². The fraction of sp³-hybridized carbons (Fsp3) is 0.692. The lowest BCUT2D eigenvalue weighted by atomic mass is 9.97. The molecule has 0 amide bonds. The predicted molar refractivity (Wildman–Crippen MR) is 196 cm³/mol. The van der Waals surface area contributed by atoms with Gasteiger partial charge < -0.3 is 28.4 Å². The molecule has 1 saturated heterocycles. The molecule has 0 saturated carbocycles. The summed E-state index contributed by atoms with van der Waals surface area (Å²) in [6.45, 7) is 30.3. The second-order valence-electron chi connectivity index (χ2n) is 12.0. The highest BCUT2D eigenvalue weighted by atomic mass is 16.6. The minimum absolute atomic E-state index is 0.310. The Morgan fingerprint density at radius 1 is 0.653 bits per heavy atom. The van der Waals surface area contributed by atoms with Gasteiger partial charge in [0.05, 0.1) is 39.6 Å². The predicted octanol–water partition coefficient (Wildman–Crippen LogP) is 8.15. The zero-order valence-electron chi connectivity index (χ0n) is 31.6. The van der Waals surface area contributed by atoms with Crippen LogP contribution in [0.1, 0.15) is 106 Å².